The molecule has 4 nitrogen and oxygen atoms in total. The third-order valence-electron chi connectivity index (χ3n) is 4.86. The Hall–Kier alpha value is -1.69. The summed E-state index contributed by atoms with van der Waals surface area (Å²) in [4.78, 5) is 0. The van der Waals surface area contributed by atoms with E-state index in [2.05, 4.69) is 69.0 Å². The van der Waals surface area contributed by atoms with Crippen LogP contribution in [-0.4, -0.2) is 23.6 Å². The van der Waals surface area contributed by atoms with Gasteiger partial charge in [0.25, 0.3) is 0 Å². The molecule has 2 heterocycles. The molecule has 2 aliphatic heterocycles. The Morgan fingerprint density at radius 2 is 1.96 bits per heavy atom. The Labute approximate surface area is 161 Å². The van der Waals surface area contributed by atoms with Crippen molar-refractivity contribution in [2.75, 3.05) is 18.9 Å². The lowest BCUT2D eigenvalue weighted by Crippen LogP contribution is -2.39. The molecule has 0 bridgehead atoms. The lowest BCUT2D eigenvalue weighted by Gasteiger charge is -2.23. The lowest BCUT2D eigenvalue weighted by atomic mass is 9.97. The number of allylic oxidation sites excluding steroid dienone is 1. The van der Waals surface area contributed by atoms with E-state index in [-0.39, 0.29) is 6.04 Å². The number of fused-ring (bicyclic) bond motifs is 3. The van der Waals surface area contributed by atoms with E-state index >= 15 is 0 Å². The van der Waals surface area contributed by atoms with Crippen LogP contribution < -0.4 is 10.9 Å². The first-order valence-electron chi connectivity index (χ1n) is 8.33. The van der Waals surface area contributed by atoms with E-state index in [0.29, 0.717) is 0 Å². The van der Waals surface area contributed by atoms with Crippen molar-refractivity contribution in [2.24, 2.45) is 0 Å². The predicted molar refractivity (Wildman–Crippen MR) is 107 cm³/mol. The summed E-state index contributed by atoms with van der Waals surface area (Å²) in [6.45, 7) is 3.08. The van der Waals surface area contributed by atoms with Gasteiger partial charge in [0.1, 0.15) is 0 Å². The van der Waals surface area contributed by atoms with Crippen LogP contribution in [0.1, 0.15) is 30.5 Å². The maximum atomic E-state index is 6.02. The van der Waals surface area contributed by atoms with Gasteiger partial charge in [-0.2, -0.15) is 0 Å². The van der Waals surface area contributed by atoms with Gasteiger partial charge in [0.05, 0.1) is 17.4 Å². The van der Waals surface area contributed by atoms with E-state index in [0.717, 1.165) is 28.1 Å². The van der Waals surface area contributed by atoms with Gasteiger partial charge in [-0.15, -0.1) is 5.53 Å². The Bertz CT molecular complexity index is 834. The molecule has 2 N–H and O–H groups in total. The molecule has 6 heteroatoms. The lowest BCUT2D eigenvalue weighted by molar-refractivity contribution is 0.160. The molecule has 0 fully saturated rings. The highest BCUT2D eigenvalue weighted by molar-refractivity contribution is 9.10. The van der Waals surface area contributed by atoms with Crippen molar-refractivity contribution in [1.29, 1.82) is 0 Å². The molecule has 0 amide bonds. The summed E-state index contributed by atoms with van der Waals surface area (Å²) in [5.41, 5.74) is 9.57. The molecule has 0 saturated heterocycles. The van der Waals surface area contributed by atoms with Crippen LogP contribution in [-0.2, 0) is 0 Å². The van der Waals surface area contributed by atoms with Gasteiger partial charge < -0.3 is 5.32 Å². The van der Waals surface area contributed by atoms with Gasteiger partial charge >= 0.3 is 0 Å². The second kappa shape index (κ2) is 6.56. The summed E-state index contributed by atoms with van der Waals surface area (Å²) in [5, 5.41) is 8.75. The number of hydrogen-bond donors (Lipinski definition) is 2. The highest BCUT2D eigenvalue weighted by Gasteiger charge is 2.32. The Balaban J connectivity index is 1.77. The average Bonchev–Trinajstić information content (AvgIpc) is 2.79. The standard InChI is InChI=1S/C19H20BrClN4/c1-12-19-16-8-3-13(20)11-17(16)18(9-10-25(19)23-24(12)2)22-15-6-4-14(21)5-7-15/h3-8,11,18,22-23H,9-10H2,1-2H3. The summed E-state index contributed by atoms with van der Waals surface area (Å²) in [6, 6.07) is 14.7. The summed E-state index contributed by atoms with van der Waals surface area (Å²) >= 11 is 9.65. The zero-order valence-electron chi connectivity index (χ0n) is 14.2. The smallest absolute Gasteiger partial charge is 0.0816 e. The fraction of sp³-hybridized carbons (Fsp3) is 0.263. The van der Waals surface area contributed by atoms with Crippen LogP contribution in [0.4, 0.5) is 5.69 Å². The van der Waals surface area contributed by atoms with Crippen LogP contribution in [0, 0.1) is 0 Å². The fourth-order valence-electron chi connectivity index (χ4n) is 3.51. The van der Waals surface area contributed by atoms with Gasteiger partial charge in [-0.05, 0) is 55.3 Å². The van der Waals surface area contributed by atoms with Crippen molar-refractivity contribution in [3.8, 4) is 0 Å². The Kier molecular flexibility index (Phi) is 4.40. The van der Waals surface area contributed by atoms with E-state index in [9.17, 15) is 0 Å². The molecule has 0 saturated carbocycles. The number of halogens is 2. The number of nitrogens with one attached hydrogen (secondary N) is 2. The van der Waals surface area contributed by atoms with Crippen molar-refractivity contribution in [3.63, 3.8) is 0 Å². The van der Waals surface area contributed by atoms with Crippen LogP contribution in [0.5, 0.6) is 0 Å². The topological polar surface area (TPSA) is 30.5 Å². The van der Waals surface area contributed by atoms with Gasteiger partial charge in [-0.3, -0.25) is 10.0 Å². The molecule has 0 aromatic heterocycles. The number of rotatable bonds is 2. The molecule has 2 aliphatic rings. The van der Waals surface area contributed by atoms with E-state index in [1.807, 2.05) is 24.3 Å². The highest BCUT2D eigenvalue weighted by Crippen LogP contribution is 2.39. The zero-order valence-corrected chi connectivity index (χ0v) is 16.5. The molecule has 0 aliphatic carbocycles. The summed E-state index contributed by atoms with van der Waals surface area (Å²) in [6.07, 6.45) is 0.990. The molecule has 1 atom stereocenters. The number of hydrogen-bond acceptors (Lipinski definition) is 4. The maximum absolute atomic E-state index is 6.02. The van der Waals surface area contributed by atoms with Crippen molar-refractivity contribution in [3.05, 3.63) is 68.8 Å². The van der Waals surface area contributed by atoms with E-state index in [1.165, 1.54) is 22.5 Å². The van der Waals surface area contributed by atoms with Crippen molar-refractivity contribution < 1.29 is 0 Å². The number of benzene rings is 2. The SMILES string of the molecule is CC1=C2c3ccc(Br)cc3C(Nc3ccc(Cl)cc3)CCN2NN1C. The molecule has 1 unspecified atom stereocenters. The molecule has 130 valence electrons. The quantitative estimate of drug-likeness (QED) is 0.716. The minimum Gasteiger partial charge on any atom is -0.378 e. The largest absolute Gasteiger partial charge is 0.378 e. The van der Waals surface area contributed by atoms with Crippen LogP contribution in [0.15, 0.2) is 52.6 Å². The van der Waals surface area contributed by atoms with Crippen LogP contribution in [0.3, 0.4) is 0 Å². The Morgan fingerprint density at radius 3 is 2.72 bits per heavy atom. The van der Waals surface area contributed by atoms with Crippen molar-refractivity contribution in [1.82, 2.24) is 15.6 Å². The number of anilines is 1. The van der Waals surface area contributed by atoms with Crippen molar-refractivity contribution >= 4 is 38.9 Å². The minimum atomic E-state index is 0.228. The van der Waals surface area contributed by atoms with Gasteiger partial charge in [-0.25, -0.2) is 0 Å². The van der Waals surface area contributed by atoms with E-state index < -0.39 is 0 Å². The van der Waals surface area contributed by atoms with E-state index in [4.69, 9.17) is 11.6 Å². The zero-order chi connectivity index (χ0) is 17.6. The molecule has 4 rings (SSSR count). The summed E-state index contributed by atoms with van der Waals surface area (Å²) in [7, 11) is 2.05. The van der Waals surface area contributed by atoms with Gasteiger partial charge in [0, 0.05) is 34.3 Å². The second-order valence-electron chi connectivity index (χ2n) is 6.47. The first-order chi connectivity index (χ1) is 12.0. The molecular formula is C19H20BrClN4. The first kappa shape index (κ1) is 16.8. The van der Waals surface area contributed by atoms with Crippen LogP contribution in [0.25, 0.3) is 5.70 Å². The summed E-state index contributed by atoms with van der Waals surface area (Å²) < 4.78 is 1.10. The molecule has 0 spiro atoms. The predicted octanol–water partition coefficient (Wildman–Crippen LogP) is 5.01. The fourth-order valence-corrected chi connectivity index (χ4v) is 4.02. The monoisotopic (exact) mass is 418 g/mol. The average molecular weight is 420 g/mol. The van der Waals surface area contributed by atoms with Gasteiger partial charge in [0.15, 0.2) is 0 Å². The van der Waals surface area contributed by atoms with Gasteiger partial charge in [0.2, 0.25) is 0 Å². The van der Waals surface area contributed by atoms with E-state index in [1.54, 1.807) is 0 Å². The normalized spacial score (nSPS) is 19.6. The molecule has 25 heavy (non-hydrogen) atoms. The minimum absolute atomic E-state index is 0.228. The van der Waals surface area contributed by atoms with Crippen molar-refractivity contribution in [2.45, 2.75) is 19.4 Å². The molecule has 2 aromatic rings. The highest BCUT2D eigenvalue weighted by atomic mass is 79.9. The Morgan fingerprint density at radius 1 is 1.20 bits per heavy atom. The van der Waals surface area contributed by atoms with Crippen LogP contribution in [0.2, 0.25) is 5.02 Å². The van der Waals surface area contributed by atoms with Crippen LogP contribution >= 0.6 is 27.5 Å². The third-order valence-corrected chi connectivity index (χ3v) is 5.60. The molecule has 0 radical (unpaired) electrons. The van der Waals surface area contributed by atoms with Gasteiger partial charge in [-0.1, -0.05) is 33.6 Å². The maximum Gasteiger partial charge on any atom is 0.0816 e. The number of nitrogens with zero attached hydrogens (tertiary/aromatic N) is 2. The first-order valence-corrected chi connectivity index (χ1v) is 9.50. The molecular weight excluding hydrogens is 400 g/mol. The molecule has 2 aromatic carbocycles. The summed E-state index contributed by atoms with van der Waals surface area (Å²) in [5.74, 6) is 0. The number of hydrazine groups is 2. The third kappa shape index (κ3) is 3.12. The second-order valence-corrected chi connectivity index (χ2v) is 7.82.